The van der Waals surface area contributed by atoms with Crippen molar-refractivity contribution in [3.05, 3.63) is 16.0 Å². The Labute approximate surface area is 123 Å². The van der Waals surface area contributed by atoms with Gasteiger partial charge in [-0.2, -0.15) is 0 Å². The minimum atomic E-state index is -0.921. The molecule has 1 amide bonds. The SMILES string of the molecule is CCCCC(=O)Nc1sc2c(c1C(=O)O)CCCCC2. The molecule has 4 nitrogen and oxygen atoms in total. The number of anilines is 1. The van der Waals surface area contributed by atoms with Crippen LogP contribution in [0.5, 0.6) is 0 Å². The molecule has 0 saturated heterocycles. The molecule has 1 aromatic rings. The van der Waals surface area contributed by atoms with Crippen LogP contribution in [0, 0.1) is 0 Å². The van der Waals surface area contributed by atoms with Crippen molar-refractivity contribution in [2.24, 2.45) is 0 Å². The number of hydrogen-bond donors (Lipinski definition) is 2. The Morgan fingerprint density at radius 2 is 2.00 bits per heavy atom. The quantitative estimate of drug-likeness (QED) is 0.811. The number of carboxylic acids is 1. The van der Waals surface area contributed by atoms with Crippen molar-refractivity contribution in [3.63, 3.8) is 0 Å². The molecule has 0 spiro atoms. The van der Waals surface area contributed by atoms with E-state index < -0.39 is 5.97 Å². The van der Waals surface area contributed by atoms with E-state index in [9.17, 15) is 14.7 Å². The summed E-state index contributed by atoms with van der Waals surface area (Å²) in [7, 11) is 0. The Kier molecular flexibility index (Phi) is 5.17. The predicted molar refractivity (Wildman–Crippen MR) is 80.7 cm³/mol. The van der Waals surface area contributed by atoms with Crippen LogP contribution in [-0.4, -0.2) is 17.0 Å². The summed E-state index contributed by atoms with van der Waals surface area (Å²) in [6.07, 6.45) is 7.29. The van der Waals surface area contributed by atoms with Crippen LogP contribution in [0.15, 0.2) is 0 Å². The molecule has 2 rings (SSSR count). The van der Waals surface area contributed by atoms with Crippen molar-refractivity contribution in [1.29, 1.82) is 0 Å². The molecular weight excluding hydrogens is 274 g/mol. The predicted octanol–water partition coefficient (Wildman–Crippen LogP) is 3.84. The third-order valence-electron chi connectivity index (χ3n) is 3.65. The molecule has 0 aromatic carbocycles. The second-order valence-corrected chi connectivity index (χ2v) is 6.33. The highest BCUT2D eigenvalue weighted by atomic mass is 32.1. The summed E-state index contributed by atoms with van der Waals surface area (Å²) in [6.45, 7) is 2.03. The van der Waals surface area contributed by atoms with Gasteiger partial charge in [-0.3, -0.25) is 4.79 Å². The van der Waals surface area contributed by atoms with E-state index in [4.69, 9.17) is 0 Å². The molecule has 0 aliphatic heterocycles. The van der Waals surface area contributed by atoms with Gasteiger partial charge in [0, 0.05) is 11.3 Å². The summed E-state index contributed by atoms with van der Waals surface area (Å²) < 4.78 is 0. The number of amides is 1. The molecular formula is C15H21NO3S. The van der Waals surface area contributed by atoms with Crippen molar-refractivity contribution in [1.82, 2.24) is 0 Å². The zero-order valence-corrected chi connectivity index (χ0v) is 12.6. The highest BCUT2D eigenvalue weighted by molar-refractivity contribution is 7.17. The van der Waals surface area contributed by atoms with E-state index in [0.717, 1.165) is 55.4 Å². The van der Waals surface area contributed by atoms with Crippen molar-refractivity contribution >= 4 is 28.2 Å². The summed E-state index contributed by atoms with van der Waals surface area (Å²) in [5, 5.41) is 12.8. The maximum Gasteiger partial charge on any atom is 0.339 e. The Morgan fingerprint density at radius 3 is 2.70 bits per heavy atom. The van der Waals surface area contributed by atoms with E-state index >= 15 is 0 Å². The first-order valence-electron chi connectivity index (χ1n) is 7.31. The second kappa shape index (κ2) is 6.88. The normalized spacial score (nSPS) is 14.4. The smallest absolute Gasteiger partial charge is 0.339 e. The Bertz CT molecular complexity index is 507. The monoisotopic (exact) mass is 295 g/mol. The van der Waals surface area contributed by atoms with Gasteiger partial charge < -0.3 is 10.4 Å². The lowest BCUT2D eigenvalue weighted by molar-refractivity contribution is -0.116. The lowest BCUT2D eigenvalue weighted by atomic mass is 10.1. The zero-order chi connectivity index (χ0) is 14.5. The molecule has 110 valence electrons. The van der Waals surface area contributed by atoms with Gasteiger partial charge in [-0.05, 0) is 37.7 Å². The molecule has 2 N–H and O–H groups in total. The molecule has 1 aliphatic carbocycles. The van der Waals surface area contributed by atoms with Crippen molar-refractivity contribution in [2.75, 3.05) is 5.32 Å². The lowest BCUT2D eigenvalue weighted by Gasteiger charge is -2.05. The first kappa shape index (κ1) is 15.0. The van der Waals surface area contributed by atoms with Gasteiger partial charge in [0.2, 0.25) is 5.91 Å². The number of rotatable bonds is 5. The van der Waals surface area contributed by atoms with E-state index in [1.807, 2.05) is 6.92 Å². The van der Waals surface area contributed by atoms with Gasteiger partial charge in [0.25, 0.3) is 0 Å². The summed E-state index contributed by atoms with van der Waals surface area (Å²) in [4.78, 5) is 24.5. The maximum atomic E-state index is 11.8. The van der Waals surface area contributed by atoms with E-state index in [2.05, 4.69) is 5.32 Å². The number of aromatic carboxylic acids is 1. The number of hydrogen-bond acceptors (Lipinski definition) is 3. The molecule has 0 saturated carbocycles. The van der Waals surface area contributed by atoms with Gasteiger partial charge in [0.15, 0.2) is 0 Å². The van der Waals surface area contributed by atoms with E-state index in [1.54, 1.807) is 0 Å². The maximum absolute atomic E-state index is 11.8. The number of unbranched alkanes of at least 4 members (excludes halogenated alkanes) is 1. The van der Waals surface area contributed by atoms with Crippen LogP contribution in [0.4, 0.5) is 5.00 Å². The van der Waals surface area contributed by atoms with Crippen LogP contribution < -0.4 is 5.32 Å². The average molecular weight is 295 g/mol. The van der Waals surface area contributed by atoms with Gasteiger partial charge in [-0.25, -0.2) is 4.79 Å². The van der Waals surface area contributed by atoms with Crippen LogP contribution in [0.3, 0.4) is 0 Å². The largest absolute Gasteiger partial charge is 0.478 e. The number of carbonyl (C=O) groups excluding carboxylic acids is 1. The van der Waals surface area contributed by atoms with Gasteiger partial charge in [0.1, 0.15) is 5.00 Å². The zero-order valence-electron chi connectivity index (χ0n) is 11.8. The van der Waals surface area contributed by atoms with Crippen molar-refractivity contribution in [3.8, 4) is 0 Å². The van der Waals surface area contributed by atoms with Gasteiger partial charge in [0.05, 0.1) is 5.56 Å². The topological polar surface area (TPSA) is 66.4 Å². The fourth-order valence-corrected chi connectivity index (χ4v) is 3.88. The first-order valence-corrected chi connectivity index (χ1v) is 8.12. The van der Waals surface area contributed by atoms with Crippen LogP contribution in [0.2, 0.25) is 0 Å². The highest BCUT2D eigenvalue weighted by Crippen LogP contribution is 2.37. The Morgan fingerprint density at radius 1 is 1.25 bits per heavy atom. The Hall–Kier alpha value is -1.36. The number of nitrogens with one attached hydrogen (secondary N) is 1. The third-order valence-corrected chi connectivity index (χ3v) is 4.85. The molecule has 0 radical (unpaired) electrons. The molecule has 20 heavy (non-hydrogen) atoms. The number of carboxylic acid groups (broad SMARTS) is 1. The molecule has 5 heteroatoms. The molecule has 0 bridgehead atoms. The molecule has 0 unspecified atom stereocenters. The molecule has 0 atom stereocenters. The van der Waals surface area contributed by atoms with E-state index in [0.29, 0.717) is 17.0 Å². The number of fused-ring (bicyclic) bond motifs is 1. The highest BCUT2D eigenvalue weighted by Gasteiger charge is 2.25. The summed E-state index contributed by atoms with van der Waals surface area (Å²) in [5.41, 5.74) is 1.28. The van der Waals surface area contributed by atoms with Gasteiger partial charge >= 0.3 is 5.97 Å². The van der Waals surface area contributed by atoms with Gasteiger partial charge in [-0.15, -0.1) is 11.3 Å². The fourth-order valence-electron chi connectivity index (χ4n) is 2.58. The first-order chi connectivity index (χ1) is 9.63. The van der Waals surface area contributed by atoms with Crippen molar-refractivity contribution in [2.45, 2.75) is 58.3 Å². The summed E-state index contributed by atoms with van der Waals surface area (Å²) >= 11 is 1.45. The van der Waals surface area contributed by atoms with Crippen LogP contribution in [-0.2, 0) is 17.6 Å². The van der Waals surface area contributed by atoms with Crippen LogP contribution in [0.1, 0.15) is 66.2 Å². The van der Waals surface area contributed by atoms with Crippen molar-refractivity contribution < 1.29 is 14.7 Å². The molecule has 1 aromatic heterocycles. The standard InChI is InChI=1S/C15H21NO3S/c1-2-3-9-12(17)16-14-13(15(18)19)10-7-5-4-6-8-11(10)20-14/h2-9H2,1H3,(H,16,17)(H,18,19). The van der Waals surface area contributed by atoms with Gasteiger partial charge in [-0.1, -0.05) is 19.8 Å². The molecule has 0 fully saturated rings. The second-order valence-electron chi connectivity index (χ2n) is 5.23. The minimum Gasteiger partial charge on any atom is -0.478 e. The fraction of sp³-hybridized carbons (Fsp3) is 0.600. The summed E-state index contributed by atoms with van der Waals surface area (Å²) in [5.74, 6) is -0.999. The minimum absolute atomic E-state index is 0.0780. The van der Waals surface area contributed by atoms with E-state index in [-0.39, 0.29) is 5.91 Å². The lowest BCUT2D eigenvalue weighted by Crippen LogP contribution is -2.13. The van der Waals surface area contributed by atoms with Crippen LogP contribution >= 0.6 is 11.3 Å². The number of aryl methyl sites for hydroxylation is 1. The number of carbonyl (C=O) groups is 2. The summed E-state index contributed by atoms with van der Waals surface area (Å²) in [6, 6.07) is 0. The number of thiophene rings is 1. The molecule has 1 heterocycles. The average Bonchev–Trinajstić information content (AvgIpc) is 2.58. The third kappa shape index (κ3) is 3.39. The van der Waals surface area contributed by atoms with E-state index in [1.165, 1.54) is 11.3 Å². The Balaban J connectivity index is 2.24. The van der Waals surface area contributed by atoms with Crippen LogP contribution in [0.25, 0.3) is 0 Å². The molecule has 1 aliphatic rings.